The van der Waals surface area contributed by atoms with E-state index in [1.165, 1.54) is 18.3 Å². The summed E-state index contributed by atoms with van der Waals surface area (Å²) in [5, 5.41) is 14.3. The lowest BCUT2D eigenvalue weighted by Crippen LogP contribution is -2.37. The van der Waals surface area contributed by atoms with Crippen LogP contribution >= 0.6 is 0 Å². The molecule has 0 spiro atoms. The van der Waals surface area contributed by atoms with Gasteiger partial charge in [-0.05, 0) is 25.0 Å². The SMILES string of the molecule is CC[C@@H](NC(=O)COC(=O)c1cccc[n+]1[O-])c1ccc(C)cc1. The minimum atomic E-state index is -0.830. The lowest BCUT2D eigenvalue weighted by atomic mass is 10.0. The van der Waals surface area contributed by atoms with Crippen molar-refractivity contribution in [2.45, 2.75) is 26.3 Å². The Morgan fingerprint density at radius 1 is 1.21 bits per heavy atom. The lowest BCUT2D eigenvalue weighted by molar-refractivity contribution is -0.608. The lowest BCUT2D eigenvalue weighted by Gasteiger charge is -2.17. The predicted octanol–water partition coefficient (Wildman–Crippen LogP) is 2.05. The number of amides is 1. The topological polar surface area (TPSA) is 82.3 Å². The van der Waals surface area contributed by atoms with E-state index in [1.807, 2.05) is 38.1 Å². The zero-order valence-corrected chi connectivity index (χ0v) is 13.7. The van der Waals surface area contributed by atoms with Crippen molar-refractivity contribution in [2.75, 3.05) is 6.61 Å². The molecule has 24 heavy (non-hydrogen) atoms. The van der Waals surface area contributed by atoms with Crippen LogP contribution in [-0.2, 0) is 9.53 Å². The number of carbonyl (C=O) groups is 2. The highest BCUT2D eigenvalue weighted by Gasteiger charge is 2.19. The van der Waals surface area contributed by atoms with Crippen LogP contribution < -0.4 is 10.0 Å². The van der Waals surface area contributed by atoms with Crippen LogP contribution in [0.1, 0.15) is 41.0 Å². The van der Waals surface area contributed by atoms with Gasteiger partial charge >= 0.3 is 11.7 Å². The zero-order chi connectivity index (χ0) is 17.5. The fourth-order valence-electron chi connectivity index (χ4n) is 2.25. The van der Waals surface area contributed by atoms with Gasteiger partial charge < -0.3 is 15.3 Å². The molecule has 0 unspecified atom stereocenters. The average molecular weight is 328 g/mol. The van der Waals surface area contributed by atoms with Crippen LogP contribution in [0.2, 0.25) is 0 Å². The molecule has 0 aliphatic carbocycles. The number of hydrogen-bond donors (Lipinski definition) is 1. The first-order valence-corrected chi connectivity index (χ1v) is 7.72. The van der Waals surface area contributed by atoms with Crippen molar-refractivity contribution in [1.29, 1.82) is 0 Å². The van der Waals surface area contributed by atoms with E-state index in [-0.39, 0.29) is 11.7 Å². The smallest absolute Gasteiger partial charge is 0.405 e. The summed E-state index contributed by atoms with van der Waals surface area (Å²) in [6.07, 6.45) is 1.91. The number of hydrogen-bond acceptors (Lipinski definition) is 4. The fraction of sp³-hybridized carbons (Fsp3) is 0.278. The van der Waals surface area contributed by atoms with Crippen LogP contribution in [0.5, 0.6) is 0 Å². The van der Waals surface area contributed by atoms with Crippen LogP contribution in [0.25, 0.3) is 0 Å². The molecule has 2 rings (SSSR count). The van der Waals surface area contributed by atoms with Crippen LogP contribution in [0.4, 0.5) is 0 Å². The second-order valence-electron chi connectivity index (χ2n) is 5.43. The first kappa shape index (κ1) is 17.5. The Bertz CT molecular complexity index is 713. The number of pyridine rings is 1. The molecule has 1 heterocycles. The number of nitrogens with zero attached hydrogens (tertiary/aromatic N) is 1. The molecule has 1 aromatic heterocycles. The zero-order valence-electron chi connectivity index (χ0n) is 13.7. The summed E-state index contributed by atoms with van der Waals surface area (Å²) in [5.41, 5.74) is 1.97. The summed E-state index contributed by atoms with van der Waals surface area (Å²) < 4.78 is 5.30. The Hall–Kier alpha value is -2.89. The number of ether oxygens (including phenoxy) is 1. The molecule has 0 saturated carbocycles. The van der Waals surface area contributed by atoms with Crippen LogP contribution in [0.15, 0.2) is 48.7 Å². The molecule has 0 saturated heterocycles. The van der Waals surface area contributed by atoms with E-state index in [9.17, 15) is 14.8 Å². The molecule has 0 aliphatic heterocycles. The number of benzene rings is 1. The Labute approximate surface area is 140 Å². The molecular formula is C18H20N2O4. The van der Waals surface area contributed by atoms with Crippen molar-refractivity contribution >= 4 is 11.9 Å². The summed E-state index contributed by atoms with van der Waals surface area (Å²) in [6.45, 7) is 3.52. The highest BCUT2D eigenvalue weighted by atomic mass is 16.5. The fourth-order valence-corrected chi connectivity index (χ4v) is 2.25. The molecule has 1 aromatic carbocycles. The number of rotatable bonds is 6. The van der Waals surface area contributed by atoms with Crippen LogP contribution in [-0.4, -0.2) is 18.5 Å². The van der Waals surface area contributed by atoms with Crippen LogP contribution in [0.3, 0.4) is 0 Å². The van der Waals surface area contributed by atoms with E-state index in [0.717, 1.165) is 11.1 Å². The molecule has 2 aromatic rings. The maximum Gasteiger partial charge on any atom is 0.405 e. The number of nitrogens with one attached hydrogen (secondary N) is 1. The van der Waals surface area contributed by atoms with Gasteiger partial charge in [-0.3, -0.25) is 4.79 Å². The number of aryl methyl sites for hydroxylation is 1. The van der Waals surface area contributed by atoms with Gasteiger partial charge in [-0.2, -0.15) is 4.73 Å². The molecule has 0 aliphatic rings. The van der Waals surface area contributed by atoms with Gasteiger partial charge in [0.2, 0.25) is 0 Å². The van der Waals surface area contributed by atoms with Crippen molar-refractivity contribution in [1.82, 2.24) is 5.32 Å². The van der Waals surface area contributed by atoms with E-state index in [0.29, 0.717) is 11.2 Å². The molecular weight excluding hydrogens is 308 g/mol. The standard InChI is InChI=1S/C18H20N2O4/c1-3-15(14-9-7-13(2)8-10-14)19-17(21)12-24-18(22)16-6-4-5-11-20(16)23/h4-11,15H,3,12H2,1-2H3,(H,19,21)/t15-/m1/s1. The van der Waals surface area contributed by atoms with Crippen LogP contribution in [0, 0.1) is 12.1 Å². The number of carbonyl (C=O) groups excluding carboxylic acids is 2. The van der Waals surface area contributed by atoms with Gasteiger partial charge in [0.15, 0.2) is 12.8 Å². The maximum absolute atomic E-state index is 12.0. The summed E-state index contributed by atoms with van der Waals surface area (Å²) in [7, 11) is 0. The quantitative estimate of drug-likeness (QED) is 0.500. The molecule has 1 atom stereocenters. The Morgan fingerprint density at radius 3 is 2.54 bits per heavy atom. The normalized spacial score (nSPS) is 11.6. The highest BCUT2D eigenvalue weighted by Crippen LogP contribution is 2.16. The Kier molecular flexibility index (Phi) is 5.89. The van der Waals surface area contributed by atoms with E-state index < -0.39 is 18.5 Å². The van der Waals surface area contributed by atoms with Gasteiger partial charge in [0, 0.05) is 12.1 Å². The molecule has 1 amide bonds. The van der Waals surface area contributed by atoms with E-state index in [2.05, 4.69) is 5.32 Å². The predicted molar refractivity (Wildman–Crippen MR) is 88.0 cm³/mol. The van der Waals surface area contributed by atoms with Gasteiger partial charge in [0.05, 0.1) is 6.04 Å². The number of aromatic nitrogens is 1. The largest absolute Gasteiger partial charge is 0.618 e. The van der Waals surface area contributed by atoms with Gasteiger partial charge in [-0.25, -0.2) is 4.79 Å². The van der Waals surface area contributed by atoms with Gasteiger partial charge in [-0.15, -0.1) is 0 Å². The van der Waals surface area contributed by atoms with Gasteiger partial charge in [0.1, 0.15) is 0 Å². The van der Waals surface area contributed by atoms with Crippen molar-refractivity contribution in [3.63, 3.8) is 0 Å². The van der Waals surface area contributed by atoms with Crippen molar-refractivity contribution in [3.8, 4) is 0 Å². The first-order chi connectivity index (χ1) is 11.5. The molecule has 1 N–H and O–H groups in total. The molecule has 6 nitrogen and oxygen atoms in total. The van der Waals surface area contributed by atoms with E-state index >= 15 is 0 Å². The Morgan fingerprint density at radius 2 is 1.92 bits per heavy atom. The summed E-state index contributed by atoms with van der Waals surface area (Å²) in [5.74, 6) is -1.24. The average Bonchev–Trinajstić information content (AvgIpc) is 2.59. The van der Waals surface area contributed by atoms with Crippen molar-refractivity contribution in [2.24, 2.45) is 0 Å². The van der Waals surface area contributed by atoms with Crippen molar-refractivity contribution in [3.05, 3.63) is 70.7 Å². The Balaban J connectivity index is 1.91. The minimum absolute atomic E-state index is 0.155. The third-order valence-electron chi connectivity index (χ3n) is 3.59. The summed E-state index contributed by atoms with van der Waals surface area (Å²) in [6, 6.07) is 12.1. The third kappa shape index (κ3) is 4.55. The monoisotopic (exact) mass is 328 g/mol. The molecule has 126 valence electrons. The van der Waals surface area contributed by atoms with E-state index in [1.54, 1.807) is 6.07 Å². The summed E-state index contributed by atoms with van der Waals surface area (Å²) >= 11 is 0. The highest BCUT2D eigenvalue weighted by molar-refractivity contribution is 5.88. The molecule has 0 bridgehead atoms. The van der Waals surface area contributed by atoms with Crippen molar-refractivity contribution < 1.29 is 19.1 Å². The second kappa shape index (κ2) is 8.10. The van der Waals surface area contributed by atoms with Gasteiger partial charge in [-0.1, -0.05) is 36.8 Å². The third-order valence-corrected chi connectivity index (χ3v) is 3.59. The summed E-state index contributed by atoms with van der Waals surface area (Å²) in [4.78, 5) is 23.8. The van der Waals surface area contributed by atoms with E-state index in [4.69, 9.17) is 4.74 Å². The number of esters is 1. The van der Waals surface area contributed by atoms with Gasteiger partial charge in [0.25, 0.3) is 5.91 Å². The minimum Gasteiger partial charge on any atom is -0.618 e. The first-order valence-electron chi connectivity index (χ1n) is 7.72. The second-order valence-corrected chi connectivity index (χ2v) is 5.43. The molecule has 0 radical (unpaired) electrons. The maximum atomic E-state index is 12.0. The molecule has 0 fully saturated rings. The molecule has 6 heteroatoms.